The predicted molar refractivity (Wildman–Crippen MR) is 579 cm³/mol. The van der Waals surface area contributed by atoms with Crippen LogP contribution in [0.2, 0.25) is 0 Å². The van der Waals surface area contributed by atoms with Gasteiger partial charge in [0.1, 0.15) is 22.3 Å². The molecule has 0 saturated carbocycles. The van der Waals surface area contributed by atoms with Gasteiger partial charge in [-0.2, -0.15) is 0 Å². The normalized spacial score (nSPS) is 13.8. The maximum Gasteiger partial charge on any atom is 0.143 e. The van der Waals surface area contributed by atoms with Crippen LogP contribution in [0.4, 0.5) is 34.1 Å². The van der Waals surface area contributed by atoms with Crippen LogP contribution in [-0.2, 0) is 10.8 Å². The van der Waals surface area contributed by atoms with Gasteiger partial charge in [0.2, 0.25) is 0 Å². The maximum atomic E-state index is 7.29. The lowest BCUT2D eigenvalue weighted by Crippen LogP contribution is -2.33. The molecule has 1 unspecified atom stereocenters. The number of hydrogen-bond donors (Lipinski definition) is 0. The summed E-state index contributed by atoms with van der Waals surface area (Å²) in [5, 5.41) is 9.10. The van der Waals surface area contributed by atoms with E-state index in [0.717, 1.165) is 150 Å². The summed E-state index contributed by atoms with van der Waals surface area (Å²) >= 11 is 0. The highest BCUT2D eigenvalue weighted by molar-refractivity contribution is 6.18. The van der Waals surface area contributed by atoms with E-state index in [9.17, 15) is 0 Å². The van der Waals surface area contributed by atoms with Crippen LogP contribution < -0.4 is 9.80 Å². The van der Waals surface area contributed by atoms with Crippen molar-refractivity contribution in [2.45, 2.75) is 10.8 Å². The Hall–Kier alpha value is -18.4. The Bertz CT molecular complexity index is 9680. The summed E-state index contributed by atoms with van der Waals surface area (Å²) in [5.41, 5.74) is 45.9. The van der Waals surface area contributed by atoms with Crippen LogP contribution in [0.5, 0.6) is 0 Å². The van der Waals surface area contributed by atoms with E-state index >= 15 is 0 Å². The number of para-hydroxylation sites is 9. The van der Waals surface area contributed by atoms with E-state index in [-0.39, 0.29) is 0 Å². The van der Waals surface area contributed by atoms with E-state index in [4.69, 9.17) is 8.83 Å². The fourth-order valence-electron chi connectivity index (χ4n) is 25.1. The molecule has 2 aliphatic carbocycles. The third-order valence-corrected chi connectivity index (χ3v) is 30.9. The van der Waals surface area contributed by atoms with Crippen molar-refractivity contribution in [3.05, 3.63) is 542 Å². The number of furan rings is 2. The molecule has 30 rings (SSSR count). The molecule has 140 heavy (non-hydrogen) atoms. The minimum atomic E-state index is -0.804. The van der Waals surface area contributed by atoms with Gasteiger partial charge in [0.15, 0.2) is 0 Å². The van der Waals surface area contributed by atoms with Gasteiger partial charge in [-0.25, -0.2) is 0 Å². The topological polar surface area (TPSA) is 42.6 Å². The van der Waals surface area contributed by atoms with Gasteiger partial charge >= 0.3 is 0 Å². The molecule has 0 amide bonds. The second-order valence-corrected chi connectivity index (χ2v) is 37.9. The predicted octanol–water partition coefficient (Wildman–Crippen LogP) is 35.6. The van der Waals surface area contributed by atoms with Crippen LogP contribution in [0.3, 0.4) is 0 Å². The summed E-state index contributed by atoms with van der Waals surface area (Å²) in [4.78, 5) is 5.05. The fraction of sp³-hybridized carbons (Fsp3) is 0.0149. The van der Waals surface area contributed by atoms with Crippen molar-refractivity contribution in [2.24, 2.45) is 0 Å². The molecule has 1 atom stereocenters. The standard InChI is InChI=1S/C134H82N4O2/c1-3-31-83(32-4-1)87-35-27-37-90(75-87)97-39-10-20-56-121(97)135(95-79-111-104-44-12-22-58-123(104)137-125-60-24-18-54-117(125)133(119(81-95)129(111)137)113-51-15-7-41-101(113)102-42-8-16-52-114(102)133)93-69-63-85(64-70-93)89-68-74-128-110(77-89)108-50-30-48-100(132(108)140-128)92-67-73-116-109(78-92)103-43-9-17-53-115(103)134(116)118-55-19-25-61-126(118)138-124-59-23-13-45-105(124)112-80-96(82-120(134)130(112)138)136(122-57-21-11-40-98(122)91-38-28-36-88(76-91)84-33-5-2-6-34-84)94-71-65-86(66-72-94)99-47-29-49-107-106-46-14-26-62-127(106)139-131(99)107/h1-82H. The number of aromatic nitrogens is 2. The van der Waals surface area contributed by atoms with E-state index < -0.39 is 10.8 Å². The first-order valence-electron chi connectivity index (χ1n) is 48.4. The zero-order valence-corrected chi connectivity index (χ0v) is 75.9. The van der Waals surface area contributed by atoms with Crippen LogP contribution in [0.25, 0.3) is 199 Å². The van der Waals surface area contributed by atoms with E-state index in [2.05, 4.69) is 510 Å². The summed E-state index contributed by atoms with van der Waals surface area (Å²) < 4.78 is 19.1. The van der Waals surface area contributed by atoms with Gasteiger partial charge in [0.25, 0.3) is 0 Å². The van der Waals surface area contributed by atoms with E-state index in [1.165, 1.54) is 127 Å². The lowest BCUT2D eigenvalue weighted by Gasteiger charge is -2.40. The van der Waals surface area contributed by atoms with Gasteiger partial charge in [0, 0.05) is 88.1 Å². The summed E-state index contributed by atoms with van der Waals surface area (Å²) in [5.74, 6) is 0. The second-order valence-electron chi connectivity index (χ2n) is 37.9. The first kappa shape index (κ1) is 78.0. The van der Waals surface area contributed by atoms with Gasteiger partial charge in [-0.3, -0.25) is 0 Å². The van der Waals surface area contributed by atoms with Crippen molar-refractivity contribution < 1.29 is 8.83 Å². The van der Waals surface area contributed by atoms with E-state index in [0.29, 0.717) is 0 Å². The molecule has 2 spiro atoms. The smallest absolute Gasteiger partial charge is 0.143 e. The van der Waals surface area contributed by atoms with Crippen molar-refractivity contribution in [3.63, 3.8) is 0 Å². The van der Waals surface area contributed by atoms with E-state index in [1.54, 1.807) is 0 Å². The Morgan fingerprint density at radius 1 is 0.171 bits per heavy atom. The third kappa shape index (κ3) is 11.1. The largest absolute Gasteiger partial charge is 0.455 e. The zero-order valence-electron chi connectivity index (χ0n) is 75.9. The minimum Gasteiger partial charge on any atom is -0.455 e. The van der Waals surface area contributed by atoms with Crippen LogP contribution in [-0.4, -0.2) is 9.13 Å². The van der Waals surface area contributed by atoms with Gasteiger partial charge in [-0.1, -0.05) is 376 Å². The fourth-order valence-corrected chi connectivity index (χ4v) is 25.1. The molecule has 22 aromatic carbocycles. The number of hydrogen-bond acceptors (Lipinski definition) is 4. The highest BCUT2D eigenvalue weighted by atomic mass is 16.3. The van der Waals surface area contributed by atoms with Crippen molar-refractivity contribution in [1.29, 1.82) is 0 Å². The van der Waals surface area contributed by atoms with Crippen LogP contribution in [0.1, 0.15) is 44.5 Å². The third-order valence-electron chi connectivity index (χ3n) is 30.9. The molecule has 4 aromatic heterocycles. The quantitative estimate of drug-likeness (QED) is 0.115. The zero-order chi connectivity index (χ0) is 91.6. The van der Waals surface area contributed by atoms with Crippen molar-refractivity contribution in [2.75, 3.05) is 9.80 Å². The Kier molecular flexibility index (Phi) is 16.8. The number of rotatable bonds is 13. The molecule has 0 fully saturated rings. The lowest BCUT2D eigenvalue weighted by molar-refractivity contribution is 0.669. The SMILES string of the molecule is c1ccc(-c2cccc(-c3ccccc3N(c3ccc(-c4ccc5oc6c(-c7ccc8c(c7)-c7ccccc7C87c8ccccc8-n8c9ccccc9c9cc(N(c%10ccc(-c%11cccc%12c%11oc%11ccccc%11%12)cc%10)c%10ccccc%10-c%10cccc(-c%11ccccc%11)c%10)cc7c98)cccc6c5c4)cc3)c3cc4c5c(c3)c3ccccc3n5-c3ccccc3C43c4ccccc4-c4ccccc43)c2)cc1. The summed E-state index contributed by atoms with van der Waals surface area (Å²) in [7, 11) is 0. The molecule has 6 heterocycles. The molecular formula is C134H82N4O2. The lowest BCUT2D eigenvalue weighted by atomic mass is 9.65. The highest BCUT2D eigenvalue weighted by Gasteiger charge is 2.54. The van der Waals surface area contributed by atoms with Gasteiger partial charge in [0.05, 0.1) is 55.6 Å². The Labute approximate surface area is 808 Å². The Morgan fingerprint density at radius 2 is 0.514 bits per heavy atom. The molecule has 0 N–H and O–H groups in total. The molecular weight excluding hydrogens is 1700 g/mol. The Balaban J connectivity index is 0.567. The molecule has 0 radical (unpaired) electrons. The molecule has 6 heteroatoms. The van der Waals surface area contributed by atoms with Crippen LogP contribution >= 0.6 is 0 Å². The van der Waals surface area contributed by atoms with Crippen molar-refractivity contribution in [3.8, 4) is 112 Å². The van der Waals surface area contributed by atoms with Gasteiger partial charge in [-0.15, -0.1) is 0 Å². The van der Waals surface area contributed by atoms with Crippen LogP contribution in [0, 0.1) is 0 Å². The monoisotopic (exact) mass is 1780 g/mol. The maximum absolute atomic E-state index is 7.29. The average Bonchev–Trinajstić information content (AvgIpc) is 1.50. The summed E-state index contributed by atoms with van der Waals surface area (Å²) in [6.07, 6.45) is 0. The number of nitrogens with zero attached hydrogens (tertiary/aromatic N) is 4. The summed E-state index contributed by atoms with van der Waals surface area (Å²) in [6.45, 7) is 0. The van der Waals surface area contributed by atoms with Crippen molar-refractivity contribution in [1.82, 2.24) is 9.13 Å². The number of anilines is 6. The van der Waals surface area contributed by atoms with Crippen LogP contribution in [0.15, 0.2) is 506 Å². The first-order chi connectivity index (χ1) is 69.4. The highest BCUT2D eigenvalue weighted by Crippen LogP contribution is 2.66. The molecule has 0 bridgehead atoms. The minimum absolute atomic E-state index is 0.657. The van der Waals surface area contributed by atoms with Crippen molar-refractivity contribution >= 4 is 122 Å². The van der Waals surface area contributed by atoms with Gasteiger partial charge < -0.3 is 27.8 Å². The average molecular weight is 1780 g/mol. The molecule has 2 aliphatic heterocycles. The second kappa shape index (κ2) is 30.1. The number of benzene rings is 22. The van der Waals surface area contributed by atoms with Gasteiger partial charge in [-0.05, 0) is 244 Å². The molecule has 6 nitrogen and oxygen atoms in total. The Morgan fingerprint density at radius 3 is 1.04 bits per heavy atom. The van der Waals surface area contributed by atoms with E-state index in [1.807, 2.05) is 6.07 Å². The molecule has 0 saturated heterocycles. The molecule has 650 valence electrons. The molecule has 26 aromatic rings. The first-order valence-corrected chi connectivity index (χ1v) is 48.4. The number of fused-ring (bicyclic) bond motifs is 30. The summed E-state index contributed by atoms with van der Waals surface area (Å²) in [6, 6.07) is 186. The molecule has 4 aliphatic rings.